The molecule has 0 radical (unpaired) electrons. The summed E-state index contributed by atoms with van der Waals surface area (Å²) in [6, 6.07) is 20.8. The van der Waals surface area contributed by atoms with Crippen LogP contribution >= 0.6 is 0 Å². The summed E-state index contributed by atoms with van der Waals surface area (Å²) in [7, 11) is 3.10. The number of amides is 1. The van der Waals surface area contributed by atoms with Crippen molar-refractivity contribution in [3.05, 3.63) is 88.7 Å². The van der Waals surface area contributed by atoms with Gasteiger partial charge in [-0.1, -0.05) is 42.5 Å². The van der Waals surface area contributed by atoms with Crippen molar-refractivity contribution >= 4 is 23.0 Å². The number of carbonyl (C=O) groups excluding carboxylic acids is 1. The molecule has 1 unspecified atom stereocenters. The highest BCUT2D eigenvalue weighted by Gasteiger charge is 2.22. The molecule has 0 aliphatic carbocycles. The molecular formula is C26H24N4O4. The lowest BCUT2D eigenvalue weighted by Crippen LogP contribution is -2.35. The standard InChI is InChI=1S/C26H24N4O4/c1-17(25(31)29-27-16-18-13-14-22(33-2)23(15-18)34-3)30-24(19-9-5-4-6-10-19)28-21-12-8-7-11-20(21)26(30)32/h4-17H,1-3H3,(H,29,31)/b27-16+. The van der Waals surface area contributed by atoms with E-state index in [4.69, 9.17) is 14.5 Å². The maximum absolute atomic E-state index is 13.4. The van der Waals surface area contributed by atoms with Crippen LogP contribution in [-0.4, -0.2) is 35.9 Å². The first-order valence-electron chi connectivity index (χ1n) is 10.6. The molecule has 0 saturated carbocycles. The maximum atomic E-state index is 13.4. The first kappa shape index (κ1) is 22.7. The van der Waals surface area contributed by atoms with Gasteiger partial charge in [0.2, 0.25) is 0 Å². The highest BCUT2D eigenvalue weighted by atomic mass is 16.5. The lowest BCUT2D eigenvalue weighted by molar-refractivity contribution is -0.123. The number of para-hydroxylation sites is 1. The highest BCUT2D eigenvalue weighted by Crippen LogP contribution is 2.27. The van der Waals surface area contributed by atoms with Crippen LogP contribution in [-0.2, 0) is 4.79 Å². The highest BCUT2D eigenvalue weighted by molar-refractivity contribution is 5.86. The number of carbonyl (C=O) groups is 1. The molecule has 1 heterocycles. The second-order valence-electron chi connectivity index (χ2n) is 7.52. The molecule has 0 bridgehead atoms. The number of hydrogen-bond donors (Lipinski definition) is 1. The Bertz CT molecular complexity index is 1410. The van der Waals surface area contributed by atoms with Gasteiger partial charge < -0.3 is 9.47 Å². The zero-order chi connectivity index (χ0) is 24.1. The number of hydrogen-bond acceptors (Lipinski definition) is 6. The molecule has 4 aromatic rings. The summed E-state index contributed by atoms with van der Waals surface area (Å²) >= 11 is 0. The summed E-state index contributed by atoms with van der Waals surface area (Å²) in [5, 5.41) is 4.50. The van der Waals surface area contributed by atoms with E-state index in [-0.39, 0.29) is 5.56 Å². The average Bonchev–Trinajstić information content (AvgIpc) is 2.88. The molecule has 1 N–H and O–H groups in total. The van der Waals surface area contributed by atoms with Gasteiger partial charge in [0.25, 0.3) is 11.5 Å². The predicted molar refractivity (Wildman–Crippen MR) is 131 cm³/mol. The molecule has 8 heteroatoms. The minimum atomic E-state index is -0.859. The quantitative estimate of drug-likeness (QED) is 0.337. The van der Waals surface area contributed by atoms with Crippen LogP contribution in [0.1, 0.15) is 18.5 Å². The summed E-state index contributed by atoms with van der Waals surface area (Å²) in [6.07, 6.45) is 1.49. The van der Waals surface area contributed by atoms with E-state index < -0.39 is 11.9 Å². The number of nitrogens with one attached hydrogen (secondary N) is 1. The number of ether oxygens (including phenoxy) is 2. The molecule has 1 aromatic heterocycles. The molecule has 0 spiro atoms. The molecule has 34 heavy (non-hydrogen) atoms. The van der Waals surface area contributed by atoms with Gasteiger partial charge in [-0.25, -0.2) is 10.4 Å². The van der Waals surface area contributed by atoms with Gasteiger partial charge in [0, 0.05) is 5.56 Å². The van der Waals surface area contributed by atoms with Crippen molar-refractivity contribution < 1.29 is 14.3 Å². The zero-order valence-electron chi connectivity index (χ0n) is 19.1. The summed E-state index contributed by atoms with van der Waals surface area (Å²) in [4.78, 5) is 31.0. The Balaban J connectivity index is 1.65. The molecule has 8 nitrogen and oxygen atoms in total. The number of hydrazone groups is 1. The number of benzene rings is 3. The second kappa shape index (κ2) is 9.99. The van der Waals surface area contributed by atoms with Crippen molar-refractivity contribution in [3.8, 4) is 22.9 Å². The van der Waals surface area contributed by atoms with Crippen LogP contribution in [0, 0.1) is 0 Å². The van der Waals surface area contributed by atoms with Gasteiger partial charge in [0.15, 0.2) is 11.5 Å². The van der Waals surface area contributed by atoms with Crippen LogP contribution < -0.4 is 20.5 Å². The SMILES string of the molecule is COc1ccc(/C=N/NC(=O)C(C)n2c(-c3ccccc3)nc3ccccc3c2=O)cc1OC. The van der Waals surface area contributed by atoms with Crippen LogP contribution in [0.25, 0.3) is 22.3 Å². The normalized spacial score (nSPS) is 12.0. The van der Waals surface area contributed by atoms with E-state index in [9.17, 15) is 9.59 Å². The molecule has 0 aliphatic rings. The predicted octanol–water partition coefficient (Wildman–Crippen LogP) is 3.79. The van der Waals surface area contributed by atoms with E-state index in [2.05, 4.69) is 10.5 Å². The third kappa shape index (κ3) is 4.52. The van der Waals surface area contributed by atoms with Gasteiger partial charge in [-0.3, -0.25) is 14.2 Å². The number of nitrogens with zero attached hydrogens (tertiary/aromatic N) is 3. The minimum Gasteiger partial charge on any atom is -0.493 e. The van der Waals surface area contributed by atoms with Crippen LogP contribution in [0.15, 0.2) is 82.7 Å². The summed E-state index contributed by atoms with van der Waals surface area (Å²) < 4.78 is 11.9. The molecule has 0 aliphatic heterocycles. The first-order valence-corrected chi connectivity index (χ1v) is 10.6. The van der Waals surface area contributed by atoms with E-state index >= 15 is 0 Å². The van der Waals surface area contributed by atoms with E-state index in [1.807, 2.05) is 36.4 Å². The topological polar surface area (TPSA) is 94.8 Å². The van der Waals surface area contributed by atoms with Gasteiger partial charge in [0.1, 0.15) is 11.9 Å². The van der Waals surface area contributed by atoms with Gasteiger partial charge in [-0.05, 0) is 42.8 Å². The molecule has 0 fully saturated rings. The largest absolute Gasteiger partial charge is 0.493 e. The van der Waals surface area contributed by atoms with Crippen LogP contribution in [0.3, 0.4) is 0 Å². The van der Waals surface area contributed by atoms with E-state index in [0.717, 1.165) is 5.56 Å². The Kier molecular flexibility index (Phi) is 6.68. The first-order chi connectivity index (χ1) is 16.5. The smallest absolute Gasteiger partial charge is 0.263 e. The molecule has 172 valence electrons. The van der Waals surface area contributed by atoms with E-state index in [1.165, 1.54) is 10.8 Å². The number of methoxy groups -OCH3 is 2. The van der Waals surface area contributed by atoms with Crippen LogP contribution in [0.4, 0.5) is 0 Å². The Hall–Kier alpha value is -4.46. The third-order valence-corrected chi connectivity index (χ3v) is 5.40. The van der Waals surface area contributed by atoms with Crippen LogP contribution in [0.5, 0.6) is 11.5 Å². The maximum Gasteiger partial charge on any atom is 0.263 e. The summed E-state index contributed by atoms with van der Waals surface area (Å²) in [5.74, 6) is 1.10. The van der Waals surface area contributed by atoms with Crippen molar-refractivity contribution in [2.45, 2.75) is 13.0 Å². The van der Waals surface area contributed by atoms with Crippen molar-refractivity contribution in [1.29, 1.82) is 0 Å². The monoisotopic (exact) mass is 456 g/mol. The Labute approximate surface area is 196 Å². The van der Waals surface area contributed by atoms with Gasteiger partial charge in [-0.15, -0.1) is 0 Å². The molecule has 3 aromatic carbocycles. The Morgan fingerprint density at radius 3 is 2.44 bits per heavy atom. The second-order valence-corrected chi connectivity index (χ2v) is 7.52. The van der Waals surface area contributed by atoms with Gasteiger partial charge in [-0.2, -0.15) is 5.10 Å². The third-order valence-electron chi connectivity index (χ3n) is 5.40. The zero-order valence-corrected chi connectivity index (χ0v) is 19.1. The number of rotatable bonds is 7. The Morgan fingerprint density at radius 1 is 1.00 bits per heavy atom. The lowest BCUT2D eigenvalue weighted by Gasteiger charge is -2.18. The van der Waals surface area contributed by atoms with Crippen molar-refractivity contribution in [2.24, 2.45) is 5.10 Å². The fourth-order valence-electron chi connectivity index (χ4n) is 3.61. The lowest BCUT2D eigenvalue weighted by atomic mass is 10.1. The molecular weight excluding hydrogens is 432 g/mol. The van der Waals surface area contributed by atoms with Gasteiger partial charge in [0.05, 0.1) is 31.3 Å². The summed E-state index contributed by atoms with van der Waals surface area (Å²) in [6.45, 7) is 1.64. The molecule has 0 saturated heterocycles. The minimum absolute atomic E-state index is 0.295. The van der Waals surface area contributed by atoms with E-state index in [1.54, 1.807) is 57.5 Å². The van der Waals surface area contributed by atoms with Crippen molar-refractivity contribution in [3.63, 3.8) is 0 Å². The van der Waals surface area contributed by atoms with E-state index in [0.29, 0.717) is 33.8 Å². The molecule has 4 rings (SSSR count). The fourth-order valence-corrected chi connectivity index (χ4v) is 3.61. The Morgan fingerprint density at radius 2 is 1.71 bits per heavy atom. The molecule has 1 amide bonds. The molecule has 1 atom stereocenters. The fraction of sp³-hybridized carbons (Fsp3) is 0.154. The number of fused-ring (bicyclic) bond motifs is 1. The van der Waals surface area contributed by atoms with Crippen LogP contribution in [0.2, 0.25) is 0 Å². The van der Waals surface area contributed by atoms with Gasteiger partial charge >= 0.3 is 0 Å². The van der Waals surface area contributed by atoms with Crippen molar-refractivity contribution in [2.75, 3.05) is 14.2 Å². The summed E-state index contributed by atoms with van der Waals surface area (Å²) in [5.41, 5.74) is 4.24. The van der Waals surface area contributed by atoms with Crippen molar-refractivity contribution in [1.82, 2.24) is 15.0 Å². The average molecular weight is 457 g/mol. The number of aromatic nitrogens is 2.